The van der Waals surface area contributed by atoms with Crippen LogP contribution in [0, 0.1) is 0 Å². The highest BCUT2D eigenvalue weighted by Crippen LogP contribution is 2.30. The second-order valence-corrected chi connectivity index (χ2v) is 6.27. The number of likely N-dealkylation sites (tertiary alicyclic amines) is 1. The summed E-state index contributed by atoms with van der Waals surface area (Å²) >= 11 is 5.73. The van der Waals surface area contributed by atoms with Crippen LogP contribution in [0.15, 0.2) is 16.5 Å². The summed E-state index contributed by atoms with van der Waals surface area (Å²) in [5.41, 5.74) is 0. The van der Waals surface area contributed by atoms with Gasteiger partial charge in [-0.3, -0.25) is 4.79 Å². The number of aryl methyl sites for hydroxylation is 1. The zero-order chi connectivity index (χ0) is 15.1. The molecule has 0 spiro atoms. The van der Waals surface area contributed by atoms with E-state index in [2.05, 4.69) is 14.8 Å². The Morgan fingerprint density at radius 3 is 2.77 bits per heavy atom. The first-order chi connectivity index (χ1) is 10.7. The molecule has 1 saturated heterocycles. The molecule has 4 heterocycles. The van der Waals surface area contributed by atoms with Crippen molar-refractivity contribution in [3.8, 4) is 0 Å². The molecule has 2 aliphatic heterocycles. The van der Waals surface area contributed by atoms with Crippen molar-refractivity contribution in [1.29, 1.82) is 0 Å². The van der Waals surface area contributed by atoms with Crippen molar-refractivity contribution in [3.63, 3.8) is 0 Å². The average molecular weight is 321 g/mol. The van der Waals surface area contributed by atoms with Gasteiger partial charge in [-0.05, 0) is 43.0 Å². The maximum atomic E-state index is 12.3. The fourth-order valence-electron chi connectivity index (χ4n) is 3.40. The van der Waals surface area contributed by atoms with Gasteiger partial charge in [0.15, 0.2) is 11.0 Å². The standard InChI is InChI=1S/C15H17ClN4O2/c16-12-4-3-11(22-12)15(21)19-8-5-10(6-9-19)14-18-17-13-2-1-7-20(13)14/h3-4,10H,1-2,5-9H2. The van der Waals surface area contributed by atoms with E-state index in [-0.39, 0.29) is 11.1 Å². The second-order valence-electron chi connectivity index (χ2n) is 5.90. The number of aromatic nitrogens is 3. The average Bonchev–Trinajstić information content (AvgIpc) is 3.23. The van der Waals surface area contributed by atoms with Gasteiger partial charge in [0.25, 0.3) is 5.91 Å². The summed E-state index contributed by atoms with van der Waals surface area (Å²) in [5.74, 6) is 2.83. The minimum atomic E-state index is -0.0863. The minimum Gasteiger partial charge on any atom is -0.440 e. The van der Waals surface area contributed by atoms with Crippen molar-refractivity contribution in [1.82, 2.24) is 19.7 Å². The van der Waals surface area contributed by atoms with E-state index in [1.54, 1.807) is 12.1 Å². The Bertz CT molecular complexity index is 700. The summed E-state index contributed by atoms with van der Waals surface area (Å²) in [6.07, 6.45) is 4.02. The summed E-state index contributed by atoms with van der Waals surface area (Å²) in [7, 11) is 0. The van der Waals surface area contributed by atoms with Gasteiger partial charge in [0.2, 0.25) is 0 Å². The number of nitrogens with zero attached hydrogens (tertiary/aromatic N) is 4. The van der Waals surface area contributed by atoms with E-state index in [4.69, 9.17) is 16.0 Å². The van der Waals surface area contributed by atoms with Crippen LogP contribution in [0.3, 0.4) is 0 Å². The lowest BCUT2D eigenvalue weighted by Crippen LogP contribution is -2.38. The number of hydrogen-bond acceptors (Lipinski definition) is 4. The van der Waals surface area contributed by atoms with Gasteiger partial charge in [-0.2, -0.15) is 0 Å². The second kappa shape index (κ2) is 5.43. The van der Waals surface area contributed by atoms with Crippen LogP contribution < -0.4 is 0 Å². The summed E-state index contributed by atoms with van der Waals surface area (Å²) < 4.78 is 7.46. The molecule has 0 aliphatic carbocycles. The molecule has 2 aromatic rings. The molecule has 0 unspecified atom stereocenters. The van der Waals surface area contributed by atoms with Crippen LogP contribution in [-0.2, 0) is 13.0 Å². The van der Waals surface area contributed by atoms with Gasteiger partial charge in [-0.15, -0.1) is 10.2 Å². The van der Waals surface area contributed by atoms with Crippen LogP contribution in [-0.4, -0.2) is 38.7 Å². The number of piperidine rings is 1. The van der Waals surface area contributed by atoms with Gasteiger partial charge >= 0.3 is 0 Å². The van der Waals surface area contributed by atoms with Gasteiger partial charge < -0.3 is 13.9 Å². The van der Waals surface area contributed by atoms with E-state index in [1.807, 2.05) is 4.90 Å². The molecule has 1 amide bonds. The van der Waals surface area contributed by atoms with E-state index in [1.165, 1.54) is 0 Å². The molecule has 0 aromatic carbocycles. The molecule has 0 atom stereocenters. The number of furan rings is 1. The highest BCUT2D eigenvalue weighted by Gasteiger charge is 2.30. The molecule has 0 bridgehead atoms. The Hall–Kier alpha value is -1.82. The van der Waals surface area contributed by atoms with Crippen molar-refractivity contribution in [2.45, 2.75) is 38.1 Å². The lowest BCUT2D eigenvalue weighted by Gasteiger charge is -2.31. The Kier molecular flexibility index (Phi) is 3.41. The highest BCUT2D eigenvalue weighted by atomic mass is 35.5. The molecule has 1 fully saturated rings. The zero-order valence-electron chi connectivity index (χ0n) is 12.2. The van der Waals surface area contributed by atoms with Crippen LogP contribution in [0.25, 0.3) is 0 Å². The summed E-state index contributed by atoms with van der Waals surface area (Å²) in [5, 5.41) is 8.89. The van der Waals surface area contributed by atoms with E-state index in [0.717, 1.165) is 43.9 Å². The number of amides is 1. The van der Waals surface area contributed by atoms with Crippen LogP contribution in [0.5, 0.6) is 0 Å². The number of rotatable bonds is 2. The highest BCUT2D eigenvalue weighted by molar-refractivity contribution is 6.29. The van der Waals surface area contributed by atoms with Gasteiger partial charge in [0.05, 0.1) is 0 Å². The fourth-order valence-corrected chi connectivity index (χ4v) is 3.55. The van der Waals surface area contributed by atoms with Crippen molar-refractivity contribution in [2.75, 3.05) is 13.1 Å². The summed E-state index contributed by atoms with van der Waals surface area (Å²) in [4.78, 5) is 14.2. The zero-order valence-corrected chi connectivity index (χ0v) is 12.9. The predicted octanol–water partition coefficient (Wildman–Crippen LogP) is 2.49. The molecule has 0 N–H and O–H groups in total. The van der Waals surface area contributed by atoms with Crippen LogP contribution in [0.4, 0.5) is 0 Å². The topological polar surface area (TPSA) is 64.2 Å². The fraction of sp³-hybridized carbons (Fsp3) is 0.533. The Balaban J connectivity index is 1.43. The number of fused-ring (bicyclic) bond motifs is 1. The number of carbonyl (C=O) groups is 1. The number of hydrogen-bond donors (Lipinski definition) is 0. The minimum absolute atomic E-state index is 0.0863. The van der Waals surface area contributed by atoms with E-state index in [9.17, 15) is 4.79 Å². The molecule has 0 radical (unpaired) electrons. The molecule has 6 nitrogen and oxygen atoms in total. The maximum absolute atomic E-state index is 12.3. The molecule has 22 heavy (non-hydrogen) atoms. The van der Waals surface area contributed by atoms with Crippen molar-refractivity contribution in [2.24, 2.45) is 0 Å². The van der Waals surface area contributed by atoms with Crippen molar-refractivity contribution < 1.29 is 9.21 Å². The molecule has 116 valence electrons. The van der Waals surface area contributed by atoms with E-state index in [0.29, 0.717) is 24.8 Å². The molecule has 2 aliphatic rings. The van der Waals surface area contributed by atoms with E-state index < -0.39 is 0 Å². The quantitative estimate of drug-likeness (QED) is 0.852. The molecule has 2 aromatic heterocycles. The third kappa shape index (κ3) is 2.31. The van der Waals surface area contributed by atoms with Gasteiger partial charge in [0, 0.05) is 32.0 Å². The molecular weight excluding hydrogens is 304 g/mol. The Morgan fingerprint density at radius 1 is 1.23 bits per heavy atom. The van der Waals surface area contributed by atoms with Gasteiger partial charge in [-0.25, -0.2) is 0 Å². The SMILES string of the molecule is O=C(c1ccc(Cl)o1)N1CCC(c2nnc3n2CCC3)CC1. The van der Waals surface area contributed by atoms with Crippen LogP contribution in [0.1, 0.15) is 47.4 Å². The molecule has 4 rings (SSSR count). The largest absolute Gasteiger partial charge is 0.440 e. The normalized spacial score (nSPS) is 18.7. The molecule has 7 heteroatoms. The number of halogens is 1. The monoisotopic (exact) mass is 320 g/mol. The third-order valence-corrected chi connectivity index (χ3v) is 4.77. The Labute approximate surface area is 133 Å². The lowest BCUT2D eigenvalue weighted by atomic mass is 9.95. The van der Waals surface area contributed by atoms with Crippen LogP contribution in [0.2, 0.25) is 5.22 Å². The first-order valence-corrected chi connectivity index (χ1v) is 8.07. The van der Waals surface area contributed by atoms with E-state index >= 15 is 0 Å². The summed E-state index contributed by atoms with van der Waals surface area (Å²) in [6, 6.07) is 3.23. The molecule has 0 saturated carbocycles. The van der Waals surface area contributed by atoms with Crippen molar-refractivity contribution in [3.05, 3.63) is 34.8 Å². The lowest BCUT2D eigenvalue weighted by molar-refractivity contribution is 0.0678. The molecular formula is C15H17ClN4O2. The first kappa shape index (κ1) is 13.8. The van der Waals surface area contributed by atoms with Crippen LogP contribution >= 0.6 is 11.6 Å². The van der Waals surface area contributed by atoms with Crippen molar-refractivity contribution >= 4 is 17.5 Å². The summed E-state index contributed by atoms with van der Waals surface area (Å²) in [6.45, 7) is 2.45. The smallest absolute Gasteiger partial charge is 0.289 e. The Morgan fingerprint density at radius 2 is 2.05 bits per heavy atom. The number of carbonyl (C=O) groups excluding carboxylic acids is 1. The van der Waals surface area contributed by atoms with Gasteiger partial charge in [0.1, 0.15) is 11.6 Å². The first-order valence-electron chi connectivity index (χ1n) is 7.69. The maximum Gasteiger partial charge on any atom is 0.289 e. The predicted molar refractivity (Wildman–Crippen MR) is 79.9 cm³/mol. The van der Waals surface area contributed by atoms with Gasteiger partial charge in [-0.1, -0.05) is 0 Å². The third-order valence-electron chi connectivity index (χ3n) is 4.57.